The number of hydrogen-bond donors (Lipinski definition) is 1. The lowest BCUT2D eigenvalue weighted by Gasteiger charge is -2.23. The zero-order valence-electron chi connectivity index (χ0n) is 34.8. The van der Waals surface area contributed by atoms with Crippen molar-refractivity contribution in [1.82, 2.24) is 0 Å². The van der Waals surface area contributed by atoms with Crippen molar-refractivity contribution in [2.75, 3.05) is 54.1 Å². The highest BCUT2D eigenvalue weighted by Gasteiger charge is 2.25. The Hall–Kier alpha value is -0.830. The topological polar surface area (TPSA) is 108 Å². The zero-order valence-corrected chi connectivity index (χ0v) is 35.7. The second-order valence-corrected chi connectivity index (χ2v) is 17.7. The van der Waals surface area contributed by atoms with Crippen LogP contribution in [0.3, 0.4) is 0 Å². The van der Waals surface area contributed by atoms with Crippen molar-refractivity contribution >= 4 is 19.6 Å². The number of carbonyl (C=O) groups is 2. The second-order valence-electron chi connectivity index (χ2n) is 16.2. The van der Waals surface area contributed by atoms with Crippen LogP contribution >= 0.6 is 7.82 Å². The highest BCUT2D eigenvalue weighted by atomic mass is 31.2. The van der Waals surface area contributed by atoms with E-state index in [0.29, 0.717) is 13.0 Å². The fourth-order valence-corrected chi connectivity index (χ4v) is 7.15. The van der Waals surface area contributed by atoms with Gasteiger partial charge in [0, 0.05) is 6.61 Å². The van der Waals surface area contributed by atoms with Gasteiger partial charge >= 0.3 is 13.8 Å². The van der Waals surface area contributed by atoms with Crippen molar-refractivity contribution in [2.45, 2.75) is 206 Å². The summed E-state index contributed by atoms with van der Waals surface area (Å²) in [6.07, 6.45) is 33.8. The normalized spacial score (nSPS) is 13.7. The van der Waals surface area contributed by atoms with E-state index in [4.69, 9.17) is 18.5 Å². The van der Waals surface area contributed by atoms with Gasteiger partial charge in [0.25, 0.3) is 0 Å². The third-order valence-electron chi connectivity index (χ3n) is 9.54. The Kier molecular flexibility index (Phi) is 35.3. The molecule has 1 N–H and O–H groups in total. The molecule has 0 radical (unpaired) electrons. The molecule has 310 valence electrons. The minimum atomic E-state index is -4.30. The molecule has 10 heteroatoms. The molecule has 52 heavy (non-hydrogen) atoms. The lowest BCUT2D eigenvalue weighted by atomic mass is 10.0. The molecule has 0 spiro atoms. The first-order valence-corrected chi connectivity index (χ1v) is 23.1. The molecular weight excluding hydrogens is 677 g/mol. The van der Waals surface area contributed by atoms with Gasteiger partial charge in [-0.25, -0.2) is 4.57 Å². The van der Waals surface area contributed by atoms with Crippen LogP contribution < -0.4 is 0 Å². The van der Waals surface area contributed by atoms with Crippen LogP contribution in [0.25, 0.3) is 0 Å². The summed E-state index contributed by atoms with van der Waals surface area (Å²) in [4.78, 5) is 33.6. The van der Waals surface area contributed by atoms with Crippen LogP contribution in [0.2, 0.25) is 0 Å². The molecule has 0 rings (SSSR count). The SMILES string of the molecule is CCCCCCCCCCCCCCCCCCOCC(COP(=O)(O)OCCCCCCCCCCCCCC[N+](C)(C)C)OC(=O)CC(C)=O. The van der Waals surface area contributed by atoms with Gasteiger partial charge in [0.1, 0.15) is 18.3 Å². The Bertz CT molecular complexity index is 865. The number of rotatable bonds is 41. The first-order valence-electron chi connectivity index (χ1n) is 21.6. The molecule has 2 unspecified atom stereocenters. The fourth-order valence-electron chi connectivity index (χ4n) is 6.36. The van der Waals surface area contributed by atoms with E-state index in [2.05, 4.69) is 28.1 Å². The zero-order chi connectivity index (χ0) is 38.6. The summed E-state index contributed by atoms with van der Waals surface area (Å²) < 4.78 is 34.9. The third-order valence-corrected chi connectivity index (χ3v) is 10.5. The fraction of sp³-hybridized carbons (Fsp3) is 0.952. The first-order chi connectivity index (χ1) is 24.9. The Balaban J connectivity index is 3.95. The summed E-state index contributed by atoms with van der Waals surface area (Å²) in [5, 5.41) is 0. The van der Waals surface area contributed by atoms with Crippen LogP contribution in [0.15, 0.2) is 0 Å². The van der Waals surface area contributed by atoms with Crippen LogP contribution in [0, 0.1) is 0 Å². The molecule has 0 aromatic carbocycles. The van der Waals surface area contributed by atoms with Crippen LogP contribution in [-0.4, -0.2) is 81.3 Å². The first kappa shape index (κ1) is 51.2. The monoisotopic (exact) mass is 763 g/mol. The van der Waals surface area contributed by atoms with Crippen molar-refractivity contribution in [3.05, 3.63) is 0 Å². The number of quaternary nitrogens is 1. The molecule has 0 aliphatic heterocycles. The van der Waals surface area contributed by atoms with Crippen molar-refractivity contribution in [3.8, 4) is 0 Å². The molecular formula is C42H85NO8P+. The third kappa shape index (κ3) is 40.4. The number of unbranched alkanes of at least 4 members (excludes halogenated alkanes) is 26. The van der Waals surface area contributed by atoms with Crippen LogP contribution in [0.4, 0.5) is 0 Å². The summed E-state index contributed by atoms with van der Waals surface area (Å²) in [6, 6.07) is 0. The number of esters is 1. The maximum absolute atomic E-state index is 12.5. The Labute approximate surface area is 321 Å². The lowest BCUT2D eigenvalue weighted by Crippen LogP contribution is -2.35. The van der Waals surface area contributed by atoms with Gasteiger partial charge in [0.05, 0.1) is 47.5 Å². The largest absolute Gasteiger partial charge is 0.472 e. The minimum Gasteiger partial charge on any atom is -0.457 e. The molecule has 0 amide bonds. The van der Waals surface area contributed by atoms with Crippen LogP contribution in [0.1, 0.15) is 200 Å². The number of hydrogen-bond acceptors (Lipinski definition) is 7. The standard InChI is InChI=1S/C42H84NO8P/c1-6-7-8-9-10-11-12-13-14-15-17-20-23-26-29-32-35-48-38-41(51-42(45)37-40(2)44)39-50-52(46,47)49-36-33-30-27-24-21-18-16-19-22-25-28-31-34-43(3,4)5/h41H,6-39H2,1-5H3/p+1. The average Bonchev–Trinajstić information content (AvgIpc) is 3.07. The van der Waals surface area contributed by atoms with E-state index in [9.17, 15) is 19.0 Å². The van der Waals surface area contributed by atoms with Gasteiger partial charge in [0.15, 0.2) is 0 Å². The van der Waals surface area contributed by atoms with Crippen molar-refractivity contribution < 1.29 is 42.1 Å². The summed E-state index contributed by atoms with van der Waals surface area (Å²) in [7, 11) is 2.46. The van der Waals surface area contributed by atoms with Gasteiger partial charge in [0.2, 0.25) is 0 Å². The predicted octanol–water partition coefficient (Wildman–Crippen LogP) is 11.7. The van der Waals surface area contributed by atoms with Gasteiger partial charge in [-0.1, -0.05) is 161 Å². The van der Waals surface area contributed by atoms with Crippen molar-refractivity contribution in [1.29, 1.82) is 0 Å². The van der Waals surface area contributed by atoms with Crippen molar-refractivity contribution in [2.24, 2.45) is 0 Å². The van der Waals surface area contributed by atoms with E-state index in [1.807, 2.05) is 0 Å². The number of ketones is 1. The smallest absolute Gasteiger partial charge is 0.457 e. The molecule has 0 fully saturated rings. The number of phosphoric ester groups is 1. The summed E-state index contributed by atoms with van der Waals surface area (Å²) in [5.41, 5.74) is 0. The van der Waals surface area contributed by atoms with Gasteiger partial charge in [-0.2, -0.15) is 0 Å². The highest BCUT2D eigenvalue weighted by molar-refractivity contribution is 7.47. The second kappa shape index (κ2) is 35.8. The molecule has 0 saturated heterocycles. The number of nitrogens with zero attached hydrogens (tertiary/aromatic N) is 1. The van der Waals surface area contributed by atoms with Gasteiger partial charge in [-0.15, -0.1) is 0 Å². The Morgan fingerprint density at radius 1 is 0.558 bits per heavy atom. The van der Waals surface area contributed by atoms with Gasteiger partial charge < -0.3 is 18.9 Å². The quantitative estimate of drug-likeness (QED) is 0.0216. The maximum Gasteiger partial charge on any atom is 0.472 e. The summed E-state index contributed by atoms with van der Waals surface area (Å²) >= 11 is 0. The molecule has 2 atom stereocenters. The van der Waals surface area contributed by atoms with E-state index in [1.165, 1.54) is 161 Å². The van der Waals surface area contributed by atoms with E-state index < -0.39 is 19.9 Å². The molecule has 0 heterocycles. The summed E-state index contributed by atoms with van der Waals surface area (Å²) in [6.45, 7) is 5.16. The molecule has 0 aliphatic carbocycles. The van der Waals surface area contributed by atoms with E-state index in [0.717, 1.165) is 30.2 Å². The van der Waals surface area contributed by atoms with E-state index >= 15 is 0 Å². The molecule has 0 saturated carbocycles. The van der Waals surface area contributed by atoms with Gasteiger partial charge in [-0.3, -0.25) is 18.6 Å². The van der Waals surface area contributed by atoms with Crippen LogP contribution in [0.5, 0.6) is 0 Å². The molecule has 0 aromatic heterocycles. The van der Waals surface area contributed by atoms with E-state index in [-0.39, 0.29) is 32.0 Å². The number of phosphoric acid groups is 1. The minimum absolute atomic E-state index is 0.0270. The molecule has 9 nitrogen and oxygen atoms in total. The van der Waals surface area contributed by atoms with Crippen LogP contribution in [-0.2, 0) is 32.7 Å². The summed E-state index contributed by atoms with van der Waals surface area (Å²) in [5.74, 6) is -1.02. The Morgan fingerprint density at radius 3 is 1.35 bits per heavy atom. The highest BCUT2D eigenvalue weighted by Crippen LogP contribution is 2.43. The average molecular weight is 763 g/mol. The Morgan fingerprint density at radius 2 is 0.942 bits per heavy atom. The molecule has 0 bridgehead atoms. The lowest BCUT2D eigenvalue weighted by molar-refractivity contribution is -0.870. The van der Waals surface area contributed by atoms with E-state index in [1.54, 1.807) is 0 Å². The number of Topliss-reactive ketones (excluding diaryl/α,β-unsaturated/α-hetero) is 1. The molecule has 0 aromatic rings. The maximum atomic E-state index is 12.5. The van der Waals surface area contributed by atoms with Crippen molar-refractivity contribution in [3.63, 3.8) is 0 Å². The predicted molar refractivity (Wildman–Crippen MR) is 216 cm³/mol. The number of ether oxygens (including phenoxy) is 2. The number of carbonyl (C=O) groups excluding carboxylic acids is 2. The molecule has 0 aliphatic rings. The van der Waals surface area contributed by atoms with Gasteiger partial charge in [-0.05, 0) is 32.6 Å².